The number of pyridine rings is 1. The molecule has 0 unspecified atom stereocenters. The summed E-state index contributed by atoms with van der Waals surface area (Å²) in [5.41, 5.74) is 3.08. The van der Waals surface area contributed by atoms with Gasteiger partial charge in [-0.3, -0.25) is 4.98 Å². The molecule has 0 radical (unpaired) electrons. The van der Waals surface area contributed by atoms with Crippen molar-refractivity contribution in [2.75, 3.05) is 6.26 Å². The number of fused-ring (bicyclic) bond motifs is 1. The Balaban J connectivity index is 1.70. The number of aryl methyl sites for hydroxylation is 1. The standard InChI is InChI=1S/C24H19ClFNO3S/c1-15-11-20(19-7-4-8-22(25)24(19)27-15)21-13-17(9-10-23(21)26)30-14-16-5-3-6-18(12-16)31(2,28)29/h3-13H,14H2,1-2H3. The average molecular weight is 456 g/mol. The molecule has 0 aliphatic rings. The number of hydrogen-bond acceptors (Lipinski definition) is 4. The maximum Gasteiger partial charge on any atom is 0.175 e. The molecule has 7 heteroatoms. The summed E-state index contributed by atoms with van der Waals surface area (Å²) in [5, 5.41) is 1.25. The zero-order valence-corrected chi connectivity index (χ0v) is 18.5. The molecule has 0 N–H and O–H groups in total. The van der Waals surface area contributed by atoms with E-state index in [-0.39, 0.29) is 11.5 Å². The molecule has 4 nitrogen and oxygen atoms in total. The van der Waals surface area contributed by atoms with E-state index in [2.05, 4.69) is 4.98 Å². The maximum atomic E-state index is 14.8. The number of nitrogens with zero attached hydrogens (tertiary/aromatic N) is 1. The maximum absolute atomic E-state index is 14.8. The Morgan fingerprint density at radius 1 is 1.00 bits per heavy atom. The summed E-state index contributed by atoms with van der Waals surface area (Å²) in [4.78, 5) is 4.71. The van der Waals surface area contributed by atoms with Crippen molar-refractivity contribution in [3.05, 3.63) is 88.8 Å². The summed E-state index contributed by atoms with van der Waals surface area (Å²) < 4.78 is 44.1. The molecule has 0 aliphatic heterocycles. The highest BCUT2D eigenvalue weighted by Gasteiger charge is 2.14. The van der Waals surface area contributed by atoms with Gasteiger partial charge in [0.2, 0.25) is 0 Å². The minimum Gasteiger partial charge on any atom is -0.489 e. The summed E-state index contributed by atoms with van der Waals surface area (Å²) in [6.07, 6.45) is 1.16. The second kappa shape index (κ2) is 8.29. The van der Waals surface area contributed by atoms with Crippen LogP contribution < -0.4 is 4.74 Å². The second-order valence-corrected chi connectivity index (χ2v) is 9.72. The Morgan fingerprint density at radius 2 is 1.77 bits per heavy atom. The van der Waals surface area contributed by atoms with Gasteiger partial charge in [0.1, 0.15) is 18.2 Å². The van der Waals surface area contributed by atoms with Crippen LogP contribution in [-0.2, 0) is 16.4 Å². The van der Waals surface area contributed by atoms with Gasteiger partial charge in [0.15, 0.2) is 9.84 Å². The van der Waals surface area contributed by atoms with Crippen LogP contribution in [0.25, 0.3) is 22.0 Å². The highest BCUT2D eigenvalue weighted by molar-refractivity contribution is 7.90. The molecule has 0 spiro atoms. The molecule has 1 heterocycles. The van der Waals surface area contributed by atoms with Crippen molar-refractivity contribution in [1.29, 1.82) is 0 Å². The lowest BCUT2D eigenvalue weighted by Crippen LogP contribution is -2.01. The van der Waals surface area contributed by atoms with Crippen molar-refractivity contribution in [2.24, 2.45) is 0 Å². The number of ether oxygens (including phenoxy) is 1. The predicted octanol–water partition coefficient (Wildman–Crippen LogP) is 5.99. The van der Waals surface area contributed by atoms with Gasteiger partial charge in [0.05, 0.1) is 15.4 Å². The monoisotopic (exact) mass is 455 g/mol. The van der Waals surface area contributed by atoms with Crippen LogP contribution in [0.1, 0.15) is 11.3 Å². The Kier molecular flexibility index (Phi) is 5.69. The van der Waals surface area contributed by atoms with Crippen LogP contribution in [0.15, 0.2) is 71.6 Å². The molecule has 0 saturated carbocycles. The van der Waals surface area contributed by atoms with Crippen LogP contribution in [0.2, 0.25) is 5.02 Å². The van der Waals surface area contributed by atoms with E-state index >= 15 is 0 Å². The summed E-state index contributed by atoms with van der Waals surface area (Å²) in [6, 6.07) is 18.3. The summed E-state index contributed by atoms with van der Waals surface area (Å²) in [7, 11) is -3.31. The molecule has 0 saturated heterocycles. The van der Waals surface area contributed by atoms with Crippen LogP contribution in [0.4, 0.5) is 4.39 Å². The van der Waals surface area contributed by atoms with Gasteiger partial charge in [-0.25, -0.2) is 12.8 Å². The van der Waals surface area contributed by atoms with E-state index in [9.17, 15) is 12.8 Å². The van der Waals surface area contributed by atoms with Crippen LogP contribution in [0.3, 0.4) is 0 Å². The zero-order valence-electron chi connectivity index (χ0n) is 16.9. The van der Waals surface area contributed by atoms with E-state index in [1.165, 1.54) is 12.1 Å². The van der Waals surface area contributed by atoms with E-state index in [0.29, 0.717) is 33.0 Å². The molecule has 0 fully saturated rings. The van der Waals surface area contributed by atoms with E-state index in [4.69, 9.17) is 16.3 Å². The van der Waals surface area contributed by atoms with Crippen LogP contribution >= 0.6 is 11.6 Å². The van der Waals surface area contributed by atoms with E-state index in [0.717, 1.165) is 17.3 Å². The zero-order chi connectivity index (χ0) is 22.2. The van der Waals surface area contributed by atoms with Gasteiger partial charge >= 0.3 is 0 Å². The highest BCUT2D eigenvalue weighted by atomic mass is 35.5. The molecule has 0 bridgehead atoms. The lowest BCUT2D eigenvalue weighted by Gasteiger charge is -2.13. The second-order valence-electron chi connectivity index (χ2n) is 7.30. The third-order valence-electron chi connectivity index (χ3n) is 4.88. The molecular formula is C24H19ClFNO3S. The molecular weight excluding hydrogens is 437 g/mol. The van der Waals surface area contributed by atoms with Gasteiger partial charge in [-0.1, -0.05) is 35.9 Å². The number of aromatic nitrogens is 1. The van der Waals surface area contributed by atoms with Gasteiger partial charge in [0.25, 0.3) is 0 Å². The van der Waals surface area contributed by atoms with Crippen LogP contribution in [0, 0.1) is 12.7 Å². The topological polar surface area (TPSA) is 56.3 Å². The predicted molar refractivity (Wildman–Crippen MR) is 121 cm³/mol. The quantitative estimate of drug-likeness (QED) is 0.371. The lowest BCUT2D eigenvalue weighted by molar-refractivity contribution is 0.305. The fourth-order valence-electron chi connectivity index (χ4n) is 3.40. The van der Waals surface area contributed by atoms with Gasteiger partial charge in [-0.05, 0) is 60.5 Å². The Labute approximate surface area is 185 Å². The first kappa shape index (κ1) is 21.3. The third-order valence-corrected chi connectivity index (χ3v) is 6.29. The molecule has 0 aliphatic carbocycles. The molecule has 1 aromatic heterocycles. The fraction of sp³-hybridized carbons (Fsp3) is 0.125. The van der Waals surface area contributed by atoms with Crippen molar-refractivity contribution in [2.45, 2.75) is 18.4 Å². The Hall–Kier alpha value is -2.96. The van der Waals surface area contributed by atoms with Crippen molar-refractivity contribution in [3.8, 4) is 16.9 Å². The molecule has 31 heavy (non-hydrogen) atoms. The largest absolute Gasteiger partial charge is 0.489 e. The molecule has 158 valence electrons. The summed E-state index contributed by atoms with van der Waals surface area (Å²) >= 11 is 6.30. The SMILES string of the molecule is Cc1cc(-c2cc(OCc3cccc(S(C)(=O)=O)c3)ccc2F)c2cccc(Cl)c2n1. The van der Waals surface area contributed by atoms with Crippen LogP contribution in [0.5, 0.6) is 5.75 Å². The number of hydrogen-bond donors (Lipinski definition) is 0. The Morgan fingerprint density at radius 3 is 2.55 bits per heavy atom. The Bertz CT molecular complexity index is 1400. The van der Waals surface area contributed by atoms with Gasteiger partial charge in [0, 0.05) is 22.9 Å². The molecule has 4 rings (SSSR count). The number of sulfone groups is 1. The summed E-state index contributed by atoms with van der Waals surface area (Å²) in [6.45, 7) is 1.98. The van der Waals surface area contributed by atoms with E-state index < -0.39 is 15.7 Å². The molecule has 0 amide bonds. The van der Waals surface area contributed by atoms with Gasteiger partial charge in [-0.2, -0.15) is 0 Å². The molecule has 3 aromatic carbocycles. The third kappa shape index (κ3) is 4.55. The molecule has 0 atom stereocenters. The van der Waals surface area contributed by atoms with Crippen molar-refractivity contribution >= 4 is 32.3 Å². The highest BCUT2D eigenvalue weighted by Crippen LogP contribution is 2.35. The lowest BCUT2D eigenvalue weighted by atomic mass is 9.99. The first-order chi connectivity index (χ1) is 14.7. The normalized spacial score (nSPS) is 11.6. The minimum absolute atomic E-state index is 0.149. The van der Waals surface area contributed by atoms with Crippen molar-refractivity contribution in [3.63, 3.8) is 0 Å². The number of para-hydroxylation sites is 1. The molecule has 4 aromatic rings. The number of benzene rings is 3. The minimum atomic E-state index is -3.31. The first-order valence-corrected chi connectivity index (χ1v) is 11.8. The first-order valence-electron chi connectivity index (χ1n) is 9.50. The van der Waals surface area contributed by atoms with E-state index in [1.807, 2.05) is 19.1 Å². The van der Waals surface area contributed by atoms with Crippen LogP contribution in [-0.4, -0.2) is 19.7 Å². The van der Waals surface area contributed by atoms with Crippen molar-refractivity contribution < 1.29 is 17.5 Å². The van der Waals surface area contributed by atoms with E-state index in [1.54, 1.807) is 42.5 Å². The van der Waals surface area contributed by atoms with Gasteiger partial charge < -0.3 is 4.74 Å². The smallest absolute Gasteiger partial charge is 0.175 e. The summed E-state index contributed by atoms with van der Waals surface area (Å²) in [5.74, 6) is 0.0732. The van der Waals surface area contributed by atoms with Gasteiger partial charge in [-0.15, -0.1) is 0 Å². The average Bonchev–Trinajstić information content (AvgIpc) is 2.73. The van der Waals surface area contributed by atoms with Crippen molar-refractivity contribution in [1.82, 2.24) is 4.98 Å². The fourth-order valence-corrected chi connectivity index (χ4v) is 4.31. The number of halogens is 2. The number of rotatable bonds is 5.